The van der Waals surface area contributed by atoms with Crippen LogP contribution in [0.4, 0.5) is 4.39 Å². The van der Waals surface area contributed by atoms with E-state index in [4.69, 9.17) is 0 Å². The van der Waals surface area contributed by atoms with Crippen molar-refractivity contribution in [3.8, 4) is 5.69 Å². The molecule has 27 heavy (non-hydrogen) atoms. The molecule has 0 saturated carbocycles. The summed E-state index contributed by atoms with van der Waals surface area (Å²) < 4.78 is 43.0. The van der Waals surface area contributed by atoms with Gasteiger partial charge in [0, 0.05) is 19.3 Å². The van der Waals surface area contributed by atoms with E-state index in [2.05, 4.69) is 17.3 Å². The van der Waals surface area contributed by atoms with Crippen LogP contribution in [0.2, 0.25) is 0 Å². The minimum absolute atomic E-state index is 0. The number of hydrogen-bond acceptors (Lipinski definition) is 4. The highest BCUT2D eigenvalue weighted by Crippen LogP contribution is 2.25. The number of halogens is 2. The van der Waals surface area contributed by atoms with Gasteiger partial charge in [-0.3, -0.25) is 0 Å². The number of piperidine rings is 1. The number of nitrogens with one attached hydrogen (secondary N) is 1. The molecule has 1 N–H and O–H groups in total. The Bertz CT molecular complexity index is 864. The van der Waals surface area contributed by atoms with Crippen LogP contribution in [0, 0.1) is 18.7 Å². The summed E-state index contributed by atoms with van der Waals surface area (Å²) in [6.07, 6.45) is 4.96. The topological polar surface area (TPSA) is 67.2 Å². The maximum absolute atomic E-state index is 14.5. The van der Waals surface area contributed by atoms with E-state index in [1.54, 1.807) is 12.4 Å². The van der Waals surface area contributed by atoms with Crippen LogP contribution >= 0.6 is 12.4 Å². The van der Waals surface area contributed by atoms with Gasteiger partial charge in [0.25, 0.3) is 0 Å². The van der Waals surface area contributed by atoms with Crippen LogP contribution in [0.25, 0.3) is 5.69 Å². The van der Waals surface area contributed by atoms with Crippen LogP contribution < -0.4 is 5.32 Å². The maximum atomic E-state index is 14.5. The van der Waals surface area contributed by atoms with E-state index in [1.807, 2.05) is 6.92 Å². The highest BCUT2D eigenvalue weighted by atomic mass is 35.5. The van der Waals surface area contributed by atoms with Crippen molar-refractivity contribution >= 4 is 22.4 Å². The van der Waals surface area contributed by atoms with Gasteiger partial charge < -0.3 is 5.32 Å². The second-order valence-corrected chi connectivity index (χ2v) is 8.67. The van der Waals surface area contributed by atoms with Crippen molar-refractivity contribution in [1.82, 2.24) is 19.4 Å². The lowest BCUT2D eigenvalue weighted by Gasteiger charge is -2.31. The second-order valence-electron chi connectivity index (χ2n) is 6.73. The first-order valence-electron chi connectivity index (χ1n) is 8.94. The summed E-state index contributed by atoms with van der Waals surface area (Å²) in [7, 11) is -3.68. The minimum atomic E-state index is -3.68. The zero-order valence-corrected chi connectivity index (χ0v) is 17.2. The zero-order valence-electron chi connectivity index (χ0n) is 15.6. The van der Waals surface area contributed by atoms with Gasteiger partial charge in [0.15, 0.2) is 0 Å². The van der Waals surface area contributed by atoms with Gasteiger partial charge in [0.2, 0.25) is 10.0 Å². The third kappa shape index (κ3) is 4.87. The molecule has 1 saturated heterocycles. The summed E-state index contributed by atoms with van der Waals surface area (Å²) in [6, 6.07) is 4.01. The molecule has 0 amide bonds. The monoisotopic (exact) mass is 416 g/mol. The van der Waals surface area contributed by atoms with Gasteiger partial charge in [-0.1, -0.05) is 6.92 Å². The molecule has 1 aliphatic rings. The van der Waals surface area contributed by atoms with Gasteiger partial charge in [-0.15, -0.1) is 12.4 Å². The molecule has 1 aliphatic heterocycles. The Hall–Kier alpha value is -1.48. The number of aryl methyl sites for hydroxylation is 1. The van der Waals surface area contributed by atoms with Crippen molar-refractivity contribution in [1.29, 1.82) is 0 Å². The van der Waals surface area contributed by atoms with Crippen LogP contribution in [0.1, 0.15) is 25.3 Å². The van der Waals surface area contributed by atoms with E-state index >= 15 is 0 Å². The molecule has 0 unspecified atom stereocenters. The quantitative estimate of drug-likeness (QED) is 0.786. The molecule has 9 heteroatoms. The van der Waals surface area contributed by atoms with Crippen LogP contribution in [0.3, 0.4) is 0 Å². The molecule has 0 spiro atoms. The van der Waals surface area contributed by atoms with Crippen LogP contribution in [0.5, 0.6) is 0 Å². The lowest BCUT2D eigenvalue weighted by Crippen LogP contribution is -2.40. The Morgan fingerprint density at radius 3 is 2.56 bits per heavy atom. The van der Waals surface area contributed by atoms with Gasteiger partial charge in [0.1, 0.15) is 11.5 Å². The van der Waals surface area contributed by atoms with Gasteiger partial charge in [0.05, 0.1) is 11.1 Å². The standard InChI is InChI=1S/C18H25FN4O2S.ClH/c1-3-20-12-15-6-8-22(9-7-15)26(24,25)16-4-5-18(17(19)10-16)23-13-14(2)11-21-23;/h4-5,10-11,13,15,20H,3,6-9,12H2,1-2H3;1H. The molecular formula is C18H26ClFN4O2S. The highest BCUT2D eigenvalue weighted by Gasteiger charge is 2.29. The van der Waals surface area contributed by atoms with E-state index in [1.165, 1.54) is 21.1 Å². The summed E-state index contributed by atoms with van der Waals surface area (Å²) in [5.41, 5.74) is 1.14. The molecule has 150 valence electrons. The van der Waals surface area contributed by atoms with Crippen molar-refractivity contribution in [2.75, 3.05) is 26.2 Å². The van der Waals surface area contributed by atoms with E-state index in [9.17, 15) is 12.8 Å². The average Bonchev–Trinajstić information content (AvgIpc) is 3.06. The second kappa shape index (κ2) is 9.14. The Kier molecular flexibility index (Phi) is 7.39. The fourth-order valence-corrected chi connectivity index (χ4v) is 4.71. The minimum Gasteiger partial charge on any atom is -0.317 e. The largest absolute Gasteiger partial charge is 0.317 e. The summed E-state index contributed by atoms with van der Waals surface area (Å²) in [5, 5.41) is 7.38. The lowest BCUT2D eigenvalue weighted by molar-refractivity contribution is 0.268. The molecule has 2 heterocycles. The Morgan fingerprint density at radius 2 is 2.00 bits per heavy atom. The van der Waals surface area contributed by atoms with Crippen molar-refractivity contribution in [3.63, 3.8) is 0 Å². The normalized spacial score (nSPS) is 16.3. The Labute approximate surface area is 166 Å². The number of nitrogens with zero attached hydrogens (tertiary/aromatic N) is 3. The number of sulfonamides is 1. The van der Waals surface area contributed by atoms with Crippen molar-refractivity contribution in [2.24, 2.45) is 5.92 Å². The summed E-state index contributed by atoms with van der Waals surface area (Å²) >= 11 is 0. The first-order chi connectivity index (χ1) is 12.4. The van der Waals surface area contributed by atoms with E-state index < -0.39 is 15.8 Å². The Balaban J connectivity index is 0.00000261. The van der Waals surface area contributed by atoms with Gasteiger partial charge in [-0.05, 0) is 62.5 Å². The van der Waals surface area contributed by atoms with Crippen molar-refractivity contribution in [2.45, 2.75) is 31.6 Å². The molecular weight excluding hydrogens is 391 g/mol. The SMILES string of the molecule is CCNCC1CCN(S(=O)(=O)c2ccc(-n3cc(C)cn3)c(F)c2)CC1.Cl. The van der Waals surface area contributed by atoms with Crippen LogP contribution in [0.15, 0.2) is 35.5 Å². The van der Waals surface area contributed by atoms with Gasteiger partial charge >= 0.3 is 0 Å². The fraction of sp³-hybridized carbons (Fsp3) is 0.500. The number of rotatable bonds is 6. The third-order valence-corrected chi connectivity index (χ3v) is 6.67. The highest BCUT2D eigenvalue weighted by molar-refractivity contribution is 7.89. The van der Waals surface area contributed by atoms with E-state index in [0.29, 0.717) is 19.0 Å². The summed E-state index contributed by atoms with van der Waals surface area (Å²) in [4.78, 5) is -0.00670. The number of hydrogen-bond donors (Lipinski definition) is 1. The Morgan fingerprint density at radius 1 is 1.30 bits per heavy atom. The van der Waals surface area contributed by atoms with Gasteiger partial charge in [-0.2, -0.15) is 9.40 Å². The number of benzene rings is 1. The predicted molar refractivity (Wildman–Crippen MR) is 106 cm³/mol. The number of aromatic nitrogens is 2. The molecule has 1 aromatic heterocycles. The predicted octanol–water partition coefficient (Wildman–Crippen LogP) is 2.75. The smallest absolute Gasteiger partial charge is 0.243 e. The zero-order chi connectivity index (χ0) is 18.7. The molecule has 0 bridgehead atoms. The maximum Gasteiger partial charge on any atom is 0.243 e. The molecule has 1 fully saturated rings. The van der Waals surface area contributed by atoms with Crippen LogP contribution in [-0.4, -0.2) is 48.7 Å². The molecule has 1 aromatic carbocycles. The molecule has 3 rings (SSSR count). The summed E-state index contributed by atoms with van der Waals surface area (Å²) in [6.45, 7) is 6.69. The van der Waals surface area contributed by atoms with Crippen LogP contribution in [-0.2, 0) is 10.0 Å². The molecule has 2 aromatic rings. The van der Waals surface area contributed by atoms with E-state index in [-0.39, 0.29) is 23.0 Å². The summed E-state index contributed by atoms with van der Waals surface area (Å²) in [5.74, 6) is -0.111. The fourth-order valence-electron chi connectivity index (χ4n) is 3.23. The lowest BCUT2D eigenvalue weighted by atomic mass is 9.98. The third-order valence-electron chi connectivity index (χ3n) is 4.77. The first kappa shape index (κ1) is 21.8. The molecule has 0 aliphatic carbocycles. The van der Waals surface area contributed by atoms with E-state index in [0.717, 1.165) is 37.6 Å². The average molecular weight is 417 g/mol. The molecule has 6 nitrogen and oxygen atoms in total. The van der Waals surface area contributed by atoms with Crippen molar-refractivity contribution in [3.05, 3.63) is 42.0 Å². The van der Waals surface area contributed by atoms with Gasteiger partial charge in [-0.25, -0.2) is 17.5 Å². The first-order valence-corrected chi connectivity index (χ1v) is 10.4. The molecule has 0 atom stereocenters. The van der Waals surface area contributed by atoms with Crippen molar-refractivity contribution < 1.29 is 12.8 Å². The molecule has 0 radical (unpaired) electrons.